The van der Waals surface area contributed by atoms with E-state index in [1.165, 1.54) is 19.3 Å². The maximum atomic E-state index is 6.18. The molecule has 1 N–H and O–H groups in total. The molecule has 1 aliphatic carbocycles. The molecule has 0 aliphatic heterocycles. The molecule has 1 aromatic carbocycles. The minimum atomic E-state index is 0.418. The van der Waals surface area contributed by atoms with Gasteiger partial charge >= 0.3 is 0 Å². The van der Waals surface area contributed by atoms with Crippen molar-refractivity contribution in [2.75, 3.05) is 19.5 Å². The molecule has 1 fully saturated rings. The molecule has 19 heavy (non-hydrogen) atoms. The Bertz CT molecular complexity index is 460. The van der Waals surface area contributed by atoms with Crippen molar-refractivity contribution in [1.82, 2.24) is 0 Å². The van der Waals surface area contributed by atoms with Crippen molar-refractivity contribution < 1.29 is 9.47 Å². The first-order chi connectivity index (χ1) is 8.95. The smallest absolute Gasteiger partial charge is 0.145 e. The van der Waals surface area contributed by atoms with Crippen LogP contribution in [0.4, 0.5) is 5.69 Å². The average Bonchev–Trinajstić information content (AvgIpc) is 2.69. The minimum absolute atomic E-state index is 0.418. The molecule has 1 aromatic rings. The summed E-state index contributed by atoms with van der Waals surface area (Å²) in [5, 5.41) is 4.14. The third-order valence-electron chi connectivity index (χ3n) is 3.80. The molecular weight excluding hydrogens is 262 g/mol. The van der Waals surface area contributed by atoms with Crippen LogP contribution in [0.5, 0.6) is 11.5 Å². The van der Waals surface area contributed by atoms with Gasteiger partial charge in [-0.05, 0) is 30.7 Å². The summed E-state index contributed by atoms with van der Waals surface area (Å²) < 4.78 is 10.6. The highest BCUT2D eigenvalue weighted by Crippen LogP contribution is 2.41. The molecule has 0 heterocycles. The van der Waals surface area contributed by atoms with Gasteiger partial charge in [-0.15, -0.1) is 0 Å². The summed E-state index contributed by atoms with van der Waals surface area (Å²) in [5.41, 5.74) is 1.36. The van der Waals surface area contributed by atoms with Gasteiger partial charge in [-0.25, -0.2) is 0 Å². The van der Waals surface area contributed by atoms with Gasteiger partial charge in [0.05, 0.1) is 24.9 Å². The highest BCUT2D eigenvalue weighted by atomic mass is 35.5. The first-order valence-electron chi connectivity index (χ1n) is 6.63. The number of methoxy groups -OCH3 is 2. The van der Waals surface area contributed by atoms with E-state index < -0.39 is 0 Å². The van der Waals surface area contributed by atoms with Crippen molar-refractivity contribution in [2.24, 2.45) is 5.41 Å². The minimum Gasteiger partial charge on any atom is -0.495 e. The lowest BCUT2D eigenvalue weighted by molar-refractivity contribution is 0.377. The Labute approximate surface area is 120 Å². The van der Waals surface area contributed by atoms with Gasteiger partial charge in [-0.3, -0.25) is 0 Å². The third-order valence-corrected chi connectivity index (χ3v) is 4.10. The van der Waals surface area contributed by atoms with E-state index in [1.807, 2.05) is 12.1 Å². The van der Waals surface area contributed by atoms with Gasteiger partial charge in [0, 0.05) is 12.1 Å². The van der Waals surface area contributed by atoms with Crippen LogP contribution in [0.2, 0.25) is 5.02 Å². The number of nitrogens with one attached hydrogen (secondary N) is 1. The van der Waals surface area contributed by atoms with Gasteiger partial charge in [-0.1, -0.05) is 25.4 Å². The van der Waals surface area contributed by atoms with Crippen LogP contribution in [0.1, 0.15) is 33.1 Å². The zero-order chi connectivity index (χ0) is 14.0. The first-order valence-corrected chi connectivity index (χ1v) is 7.01. The van der Waals surface area contributed by atoms with Crippen LogP contribution in [0.15, 0.2) is 12.1 Å². The van der Waals surface area contributed by atoms with Crippen LogP contribution in [0.3, 0.4) is 0 Å². The predicted octanol–water partition coefficient (Wildman–Crippen LogP) is 4.35. The Morgan fingerprint density at radius 3 is 2.42 bits per heavy atom. The second-order valence-corrected chi connectivity index (χ2v) is 6.34. The standard InChI is InChI=1S/C15H22ClNO2/c1-15(2)6-5-10(9-15)17-12-7-11(16)13(18-3)8-14(12)19-4/h7-8,10,17H,5-6,9H2,1-4H3. The van der Waals surface area contributed by atoms with E-state index in [0.29, 0.717) is 22.2 Å². The fraction of sp³-hybridized carbons (Fsp3) is 0.600. The van der Waals surface area contributed by atoms with Crippen molar-refractivity contribution in [3.63, 3.8) is 0 Å². The Kier molecular flexibility index (Phi) is 4.14. The van der Waals surface area contributed by atoms with E-state index in [1.54, 1.807) is 14.2 Å². The fourth-order valence-electron chi connectivity index (χ4n) is 2.75. The molecule has 0 aromatic heterocycles. The van der Waals surface area contributed by atoms with Gasteiger partial charge in [-0.2, -0.15) is 0 Å². The second kappa shape index (κ2) is 5.49. The zero-order valence-corrected chi connectivity index (χ0v) is 12.8. The molecule has 3 nitrogen and oxygen atoms in total. The molecule has 1 saturated carbocycles. The van der Waals surface area contributed by atoms with Crippen LogP contribution < -0.4 is 14.8 Å². The van der Waals surface area contributed by atoms with E-state index in [9.17, 15) is 0 Å². The zero-order valence-electron chi connectivity index (χ0n) is 12.0. The number of hydrogen-bond acceptors (Lipinski definition) is 3. The summed E-state index contributed by atoms with van der Waals surface area (Å²) in [6.45, 7) is 4.62. The van der Waals surface area contributed by atoms with E-state index in [4.69, 9.17) is 21.1 Å². The van der Waals surface area contributed by atoms with E-state index in [0.717, 1.165) is 11.4 Å². The number of ether oxygens (including phenoxy) is 2. The lowest BCUT2D eigenvalue weighted by Gasteiger charge is -2.20. The van der Waals surface area contributed by atoms with Crippen molar-refractivity contribution in [1.29, 1.82) is 0 Å². The van der Waals surface area contributed by atoms with E-state index >= 15 is 0 Å². The SMILES string of the molecule is COc1cc(OC)c(NC2CCC(C)(C)C2)cc1Cl. The number of benzene rings is 1. The Morgan fingerprint density at radius 2 is 1.89 bits per heavy atom. The molecular formula is C15H22ClNO2. The summed E-state index contributed by atoms with van der Waals surface area (Å²) in [6, 6.07) is 4.18. The van der Waals surface area contributed by atoms with Crippen LogP contribution >= 0.6 is 11.6 Å². The summed E-state index contributed by atoms with van der Waals surface area (Å²) in [7, 11) is 3.26. The van der Waals surface area contributed by atoms with Crippen molar-refractivity contribution >= 4 is 17.3 Å². The van der Waals surface area contributed by atoms with E-state index in [-0.39, 0.29) is 0 Å². The van der Waals surface area contributed by atoms with Crippen LogP contribution in [-0.4, -0.2) is 20.3 Å². The molecule has 0 saturated heterocycles. The van der Waals surface area contributed by atoms with Crippen LogP contribution in [0.25, 0.3) is 0 Å². The monoisotopic (exact) mass is 283 g/mol. The molecule has 0 amide bonds. The largest absolute Gasteiger partial charge is 0.495 e. The third kappa shape index (κ3) is 3.27. The van der Waals surface area contributed by atoms with Crippen molar-refractivity contribution in [2.45, 2.75) is 39.2 Å². The maximum Gasteiger partial charge on any atom is 0.145 e. The predicted molar refractivity (Wildman–Crippen MR) is 79.6 cm³/mol. The van der Waals surface area contributed by atoms with Gasteiger partial charge in [0.25, 0.3) is 0 Å². The summed E-state index contributed by atoms with van der Waals surface area (Å²) in [5.74, 6) is 1.40. The van der Waals surface area contributed by atoms with Gasteiger partial charge in [0.15, 0.2) is 0 Å². The van der Waals surface area contributed by atoms with Crippen molar-refractivity contribution in [3.05, 3.63) is 17.2 Å². The first kappa shape index (κ1) is 14.3. The summed E-state index contributed by atoms with van der Waals surface area (Å²) in [4.78, 5) is 0. The Balaban J connectivity index is 2.18. The highest BCUT2D eigenvalue weighted by Gasteiger charge is 2.31. The topological polar surface area (TPSA) is 30.5 Å². The summed E-state index contributed by atoms with van der Waals surface area (Å²) in [6.07, 6.45) is 3.59. The molecule has 1 atom stereocenters. The summed E-state index contributed by atoms with van der Waals surface area (Å²) >= 11 is 6.18. The molecule has 0 spiro atoms. The fourth-order valence-corrected chi connectivity index (χ4v) is 2.99. The van der Waals surface area contributed by atoms with E-state index in [2.05, 4.69) is 19.2 Å². The molecule has 106 valence electrons. The molecule has 1 aliphatic rings. The second-order valence-electron chi connectivity index (χ2n) is 5.94. The Hall–Kier alpha value is -1.09. The average molecular weight is 284 g/mol. The maximum absolute atomic E-state index is 6.18. The van der Waals surface area contributed by atoms with Crippen LogP contribution in [0, 0.1) is 5.41 Å². The van der Waals surface area contributed by atoms with Gasteiger partial charge in [0.2, 0.25) is 0 Å². The molecule has 4 heteroatoms. The van der Waals surface area contributed by atoms with Crippen LogP contribution in [-0.2, 0) is 0 Å². The lowest BCUT2D eigenvalue weighted by atomic mass is 9.92. The number of hydrogen-bond donors (Lipinski definition) is 1. The number of rotatable bonds is 4. The highest BCUT2D eigenvalue weighted by molar-refractivity contribution is 6.32. The van der Waals surface area contributed by atoms with Gasteiger partial charge in [0.1, 0.15) is 11.5 Å². The Morgan fingerprint density at radius 1 is 1.21 bits per heavy atom. The quantitative estimate of drug-likeness (QED) is 0.891. The molecule has 0 bridgehead atoms. The lowest BCUT2D eigenvalue weighted by Crippen LogP contribution is -2.18. The number of halogens is 1. The molecule has 1 unspecified atom stereocenters. The number of anilines is 1. The molecule has 0 radical (unpaired) electrons. The normalized spacial score (nSPS) is 21.2. The van der Waals surface area contributed by atoms with Gasteiger partial charge < -0.3 is 14.8 Å². The molecule has 2 rings (SSSR count). The van der Waals surface area contributed by atoms with Crippen molar-refractivity contribution in [3.8, 4) is 11.5 Å².